The average Bonchev–Trinajstić information content (AvgIpc) is 2.62. The predicted octanol–water partition coefficient (Wildman–Crippen LogP) is 4.01. The zero-order valence-corrected chi connectivity index (χ0v) is 17.3. The summed E-state index contributed by atoms with van der Waals surface area (Å²) in [5, 5.41) is 3.24. The molecule has 0 radical (unpaired) electrons. The Hall–Kier alpha value is -2.05. The van der Waals surface area contributed by atoms with Crippen molar-refractivity contribution in [2.24, 2.45) is 5.92 Å². The Morgan fingerprint density at radius 2 is 1.78 bits per heavy atom. The molecule has 0 saturated heterocycles. The molecule has 0 aliphatic carbocycles. The molecule has 0 saturated carbocycles. The van der Waals surface area contributed by atoms with Gasteiger partial charge in [0.2, 0.25) is 5.91 Å². The monoisotopic (exact) mass is 408 g/mol. The molecule has 0 fully saturated rings. The van der Waals surface area contributed by atoms with Crippen molar-refractivity contribution in [3.63, 3.8) is 0 Å². The van der Waals surface area contributed by atoms with E-state index >= 15 is 0 Å². The van der Waals surface area contributed by atoms with Crippen LogP contribution in [0, 0.1) is 12.8 Å². The summed E-state index contributed by atoms with van der Waals surface area (Å²) in [4.78, 5) is 12.6. The topological polar surface area (TPSA) is 66.5 Å². The maximum absolute atomic E-state index is 13.2. The number of hydrogen-bond donors (Lipinski definition) is 1. The van der Waals surface area contributed by atoms with Gasteiger partial charge in [0.25, 0.3) is 10.0 Å². The van der Waals surface area contributed by atoms with E-state index in [4.69, 9.17) is 11.6 Å². The summed E-state index contributed by atoms with van der Waals surface area (Å²) in [6.07, 6.45) is 0.827. The van der Waals surface area contributed by atoms with Crippen LogP contribution in [0.15, 0.2) is 53.4 Å². The van der Waals surface area contributed by atoms with Gasteiger partial charge in [0, 0.05) is 11.6 Å². The van der Waals surface area contributed by atoms with Crippen LogP contribution in [0.2, 0.25) is 5.02 Å². The van der Waals surface area contributed by atoms with Crippen molar-refractivity contribution >= 4 is 33.2 Å². The van der Waals surface area contributed by atoms with E-state index in [2.05, 4.69) is 19.2 Å². The summed E-state index contributed by atoms with van der Waals surface area (Å²) in [5.41, 5.74) is 0.999. The van der Waals surface area contributed by atoms with Crippen molar-refractivity contribution in [2.45, 2.75) is 32.1 Å². The number of carbonyl (C=O) groups is 1. The van der Waals surface area contributed by atoms with E-state index in [0.29, 0.717) is 28.7 Å². The van der Waals surface area contributed by atoms with Gasteiger partial charge in [-0.1, -0.05) is 49.7 Å². The maximum Gasteiger partial charge on any atom is 0.264 e. The molecule has 1 N–H and O–H groups in total. The molecule has 0 heterocycles. The lowest BCUT2D eigenvalue weighted by Gasteiger charge is -2.26. The molecule has 1 amide bonds. The molecule has 2 aromatic carbocycles. The minimum atomic E-state index is -3.92. The lowest BCUT2D eigenvalue weighted by Crippen LogP contribution is -2.41. The molecule has 2 rings (SSSR count). The van der Waals surface area contributed by atoms with Crippen LogP contribution in [0.3, 0.4) is 0 Å². The summed E-state index contributed by atoms with van der Waals surface area (Å²) in [5.74, 6) is 0.0964. The van der Waals surface area contributed by atoms with Gasteiger partial charge in [-0.25, -0.2) is 8.42 Å². The van der Waals surface area contributed by atoms with Gasteiger partial charge in [-0.3, -0.25) is 9.10 Å². The number of carbonyl (C=O) groups excluding carboxylic acids is 1. The Balaban J connectivity index is 2.38. The second kappa shape index (κ2) is 9.24. The van der Waals surface area contributed by atoms with Gasteiger partial charge in [0.15, 0.2) is 0 Å². The van der Waals surface area contributed by atoms with Crippen molar-refractivity contribution in [1.29, 1.82) is 0 Å². The van der Waals surface area contributed by atoms with Crippen molar-refractivity contribution in [3.05, 3.63) is 59.1 Å². The lowest BCUT2D eigenvalue weighted by molar-refractivity contribution is -0.119. The van der Waals surface area contributed by atoms with E-state index in [9.17, 15) is 13.2 Å². The second-order valence-corrected chi connectivity index (χ2v) is 9.01. The zero-order valence-electron chi connectivity index (χ0n) is 15.8. The van der Waals surface area contributed by atoms with Gasteiger partial charge < -0.3 is 5.32 Å². The van der Waals surface area contributed by atoms with Crippen LogP contribution in [-0.2, 0) is 14.8 Å². The number of anilines is 1. The molecule has 0 spiro atoms. The first-order valence-electron chi connectivity index (χ1n) is 8.83. The normalized spacial score (nSPS) is 11.4. The maximum atomic E-state index is 13.2. The minimum absolute atomic E-state index is 0.124. The summed E-state index contributed by atoms with van der Waals surface area (Å²) in [6.45, 7) is 6.06. The molecule has 0 aliphatic rings. The largest absolute Gasteiger partial charge is 0.355 e. The fourth-order valence-corrected chi connectivity index (χ4v) is 4.24. The number of sulfonamides is 1. The standard InChI is InChI=1S/C20H25ClN2O3S/c1-15(2)12-13-22-20(24)14-23(19-11-7-10-18(21)16(19)3)27(25,26)17-8-5-4-6-9-17/h4-11,15H,12-14H2,1-3H3,(H,22,24). The number of benzene rings is 2. The zero-order chi connectivity index (χ0) is 20.0. The molecule has 0 unspecified atom stereocenters. The average molecular weight is 409 g/mol. The smallest absolute Gasteiger partial charge is 0.264 e. The number of hydrogen-bond acceptors (Lipinski definition) is 3. The summed E-state index contributed by atoms with van der Waals surface area (Å²) in [6, 6.07) is 13.1. The van der Waals surface area contributed by atoms with Crippen LogP contribution in [0.25, 0.3) is 0 Å². The van der Waals surface area contributed by atoms with Gasteiger partial charge >= 0.3 is 0 Å². The third-order valence-corrected chi connectivity index (χ3v) is 6.35. The van der Waals surface area contributed by atoms with Gasteiger partial charge in [-0.05, 0) is 49.1 Å². The SMILES string of the molecule is Cc1c(Cl)cccc1N(CC(=O)NCCC(C)C)S(=O)(=O)c1ccccc1. The molecule has 0 atom stereocenters. The Bertz CT molecular complexity index is 883. The summed E-state index contributed by atoms with van der Waals surface area (Å²) in [7, 11) is -3.92. The highest BCUT2D eigenvalue weighted by Gasteiger charge is 2.28. The van der Waals surface area contributed by atoms with Crippen molar-refractivity contribution < 1.29 is 13.2 Å². The summed E-state index contributed by atoms with van der Waals surface area (Å²) < 4.78 is 27.6. The van der Waals surface area contributed by atoms with Crippen molar-refractivity contribution in [1.82, 2.24) is 5.32 Å². The van der Waals surface area contributed by atoms with Crippen LogP contribution in [-0.4, -0.2) is 27.4 Å². The highest BCUT2D eigenvalue weighted by atomic mass is 35.5. The molecule has 27 heavy (non-hydrogen) atoms. The Kier molecular flexibility index (Phi) is 7.27. The molecule has 2 aromatic rings. The first kappa shape index (κ1) is 21.3. The van der Waals surface area contributed by atoms with Crippen LogP contribution in [0.1, 0.15) is 25.8 Å². The van der Waals surface area contributed by atoms with Crippen LogP contribution in [0.5, 0.6) is 0 Å². The van der Waals surface area contributed by atoms with Crippen molar-refractivity contribution in [3.8, 4) is 0 Å². The highest BCUT2D eigenvalue weighted by molar-refractivity contribution is 7.92. The first-order chi connectivity index (χ1) is 12.7. The van der Waals surface area contributed by atoms with Gasteiger partial charge in [-0.2, -0.15) is 0 Å². The molecule has 146 valence electrons. The number of amides is 1. The fourth-order valence-electron chi connectivity index (χ4n) is 2.57. The van der Waals surface area contributed by atoms with Crippen LogP contribution < -0.4 is 9.62 Å². The fraction of sp³-hybridized carbons (Fsp3) is 0.350. The minimum Gasteiger partial charge on any atom is -0.355 e. The van der Waals surface area contributed by atoms with E-state index < -0.39 is 10.0 Å². The molecular formula is C20H25ClN2O3S. The van der Waals surface area contributed by atoms with Gasteiger partial charge in [-0.15, -0.1) is 0 Å². The van der Waals surface area contributed by atoms with Crippen LogP contribution in [0.4, 0.5) is 5.69 Å². The van der Waals surface area contributed by atoms with E-state index in [1.165, 1.54) is 12.1 Å². The quantitative estimate of drug-likeness (QED) is 0.717. The Morgan fingerprint density at radius 1 is 1.11 bits per heavy atom. The number of nitrogens with zero attached hydrogens (tertiary/aromatic N) is 1. The van der Waals surface area contributed by atoms with Gasteiger partial charge in [0.05, 0.1) is 10.6 Å². The lowest BCUT2D eigenvalue weighted by atomic mass is 10.1. The first-order valence-corrected chi connectivity index (χ1v) is 10.6. The molecule has 0 aliphatic heterocycles. The third kappa shape index (κ3) is 5.47. The predicted molar refractivity (Wildman–Crippen MR) is 110 cm³/mol. The van der Waals surface area contributed by atoms with Crippen LogP contribution >= 0.6 is 11.6 Å². The Morgan fingerprint density at radius 3 is 2.41 bits per heavy atom. The Labute approximate surface area is 166 Å². The molecule has 0 bridgehead atoms. The highest BCUT2D eigenvalue weighted by Crippen LogP contribution is 2.30. The summed E-state index contributed by atoms with van der Waals surface area (Å²) >= 11 is 6.19. The van der Waals surface area contributed by atoms with E-state index in [1.54, 1.807) is 43.3 Å². The molecule has 5 nitrogen and oxygen atoms in total. The third-order valence-electron chi connectivity index (χ3n) is 4.17. The van der Waals surface area contributed by atoms with Gasteiger partial charge in [0.1, 0.15) is 6.54 Å². The number of nitrogens with one attached hydrogen (secondary N) is 1. The molecule has 7 heteroatoms. The molecular weight excluding hydrogens is 384 g/mol. The number of rotatable bonds is 8. The van der Waals surface area contributed by atoms with E-state index in [1.807, 2.05) is 0 Å². The second-order valence-electron chi connectivity index (χ2n) is 6.74. The number of halogens is 1. The van der Waals surface area contributed by atoms with E-state index in [0.717, 1.165) is 10.7 Å². The van der Waals surface area contributed by atoms with E-state index in [-0.39, 0.29) is 17.3 Å². The van der Waals surface area contributed by atoms with Crippen molar-refractivity contribution in [2.75, 3.05) is 17.4 Å². The molecule has 0 aromatic heterocycles.